The van der Waals surface area contributed by atoms with Gasteiger partial charge in [-0.2, -0.15) is 5.26 Å². The van der Waals surface area contributed by atoms with E-state index in [1.54, 1.807) is 12.0 Å². The van der Waals surface area contributed by atoms with Crippen LogP contribution in [0.4, 0.5) is 0 Å². The largest absolute Gasteiger partial charge is 0.380 e. The van der Waals surface area contributed by atoms with E-state index in [-0.39, 0.29) is 12.0 Å². The van der Waals surface area contributed by atoms with Gasteiger partial charge < -0.3 is 9.64 Å². The third-order valence-corrected chi connectivity index (χ3v) is 3.37. The fraction of sp³-hybridized carbons (Fsp3) is 0.818. The van der Waals surface area contributed by atoms with Crippen molar-refractivity contribution in [2.75, 3.05) is 20.2 Å². The smallest absolute Gasteiger partial charge is 0.243 e. The molecule has 0 aromatic carbocycles. The Morgan fingerprint density at radius 1 is 1.60 bits per heavy atom. The molecule has 0 bridgehead atoms. The minimum absolute atomic E-state index is 0.0201. The van der Waals surface area contributed by atoms with Gasteiger partial charge in [-0.25, -0.2) is 0 Å². The summed E-state index contributed by atoms with van der Waals surface area (Å²) in [5, 5.41) is 8.95. The number of likely N-dealkylation sites (tertiary alicyclic amines) is 1. The molecule has 4 nitrogen and oxygen atoms in total. The van der Waals surface area contributed by atoms with Crippen LogP contribution in [0.25, 0.3) is 0 Å². The van der Waals surface area contributed by atoms with Crippen molar-refractivity contribution in [2.24, 2.45) is 5.41 Å². The van der Waals surface area contributed by atoms with E-state index in [1.165, 1.54) is 0 Å². The third-order valence-electron chi connectivity index (χ3n) is 3.37. The normalized spacial score (nSPS) is 28.3. The molecule has 1 atom stereocenters. The Kier molecular flexibility index (Phi) is 2.66. The van der Waals surface area contributed by atoms with Crippen molar-refractivity contribution in [1.82, 2.24) is 4.90 Å². The maximum atomic E-state index is 12.0. The van der Waals surface area contributed by atoms with Crippen LogP contribution in [0.15, 0.2) is 0 Å². The summed E-state index contributed by atoms with van der Waals surface area (Å²) in [6, 6.07) is 2.15. The average molecular weight is 208 g/mol. The number of piperidine rings is 1. The number of methoxy groups -OCH3 is 1. The van der Waals surface area contributed by atoms with Crippen molar-refractivity contribution in [3.05, 3.63) is 0 Å². The molecular weight excluding hydrogens is 192 g/mol. The van der Waals surface area contributed by atoms with Gasteiger partial charge in [0.25, 0.3) is 0 Å². The van der Waals surface area contributed by atoms with Gasteiger partial charge in [-0.1, -0.05) is 0 Å². The summed E-state index contributed by atoms with van der Waals surface area (Å²) in [6.07, 6.45) is 3.61. The van der Waals surface area contributed by atoms with E-state index in [0.717, 1.165) is 32.2 Å². The molecule has 2 fully saturated rings. The zero-order chi connectivity index (χ0) is 10.9. The van der Waals surface area contributed by atoms with E-state index >= 15 is 0 Å². The highest BCUT2D eigenvalue weighted by atomic mass is 16.5. The number of nitrogens with zero attached hydrogens (tertiary/aromatic N) is 2. The SMILES string of the molecule is COC1CCCN(C(=O)C2(C#N)CC2)C1. The van der Waals surface area contributed by atoms with Crippen LogP contribution in [0.3, 0.4) is 0 Å². The van der Waals surface area contributed by atoms with E-state index < -0.39 is 5.41 Å². The highest BCUT2D eigenvalue weighted by Crippen LogP contribution is 2.46. The van der Waals surface area contributed by atoms with Crippen LogP contribution in [-0.4, -0.2) is 37.1 Å². The molecule has 1 heterocycles. The molecule has 1 aliphatic carbocycles. The summed E-state index contributed by atoms with van der Waals surface area (Å²) in [6.45, 7) is 1.43. The lowest BCUT2D eigenvalue weighted by atomic mass is 10.0. The number of hydrogen-bond acceptors (Lipinski definition) is 3. The number of nitriles is 1. The predicted molar refractivity (Wildman–Crippen MR) is 53.9 cm³/mol. The Balaban J connectivity index is 1.99. The van der Waals surface area contributed by atoms with Crippen LogP contribution in [0.1, 0.15) is 25.7 Å². The van der Waals surface area contributed by atoms with Crippen molar-refractivity contribution < 1.29 is 9.53 Å². The van der Waals surface area contributed by atoms with Crippen LogP contribution in [0, 0.1) is 16.7 Å². The second-order valence-electron chi connectivity index (χ2n) is 4.45. The Labute approximate surface area is 89.8 Å². The quantitative estimate of drug-likeness (QED) is 0.678. The fourth-order valence-electron chi connectivity index (χ4n) is 2.12. The number of ether oxygens (including phenoxy) is 1. The topological polar surface area (TPSA) is 53.3 Å². The predicted octanol–water partition coefficient (Wildman–Crippen LogP) is 0.928. The molecule has 1 aliphatic heterocycles. The lowest BCUT2D eigenvalue weighted by molar-refractivity contribution is -0.138. The zero-order valence-electron chi connectivity index (χ0n) is 9.03. The first-order valence-electron chi connectivity index (χ1n) is 5.45. The molecule has 0 N–H and O–H groups in total. The lowest BCUT2D eigenvalue weighted by Crippen LogP contribution is -2.45. The van der Waals surface area contributed by atoms with E-state index in [0.29, 0.717) is 6.54 Å². The molecule has 2 aliphatic rings. The average Bonchev–Trinajstić information content (AvgIpc) is 3.09. The first-order valence-corrected chi connectivity index (χ1v) is 5.45. The molecule has 82 valence electrons. The van der Waals surface area contributed by atoms with Gasteiger partial charge >= 0.3 is 0 Å². The van der Waals surface area contributed by atoms with Crippen molar-refractivity contribution in [2.45, 2.75) is 31.8 Å². The van der Waals surface area contributed by atoms with Gasteiger partial charge in [-0.05, 0) is 25.7 Å². The molecule has 0 radical (unpaired) electrons. The van der Waals surface area contributed by atoms with E-state index in [1.807, 2.05) is 0 Å². The van der Waals surface area contributed by atoms with Gasteiger partial charge in [-0.3, -0.25) is 4.79 Å². The summed E-state index contributed by atoms with van der Waals surface area (Å²) in [5.74, 6) is 0.0201. The molecule has 1 unspecified atom stereocenters. The molecule has 1 saturated carbocycles. The Morgan fingerprint density at radius 2 is 2.33 bits per heavy atom. The molecule has 1 saturated heterocycles. The van der Waals surface area contributed by atoms with Crippen LogP contribution in [0.5, 0.6) is 0 Å². The van der Waals surface area contributed by atoms with Crippen LogP contribution >= 0.6 is 0 Å². The van der Waals surface area contributed by atoms with Gasteiger partial charge in [0, 0.05) is 20.2 Å². The first kappa shape index (κ1) is 10.4. The van der Waals surface area contributed by atoms with Crippen molar-refractivity contribution in [1.29, 1.82) is 5.26 Å². The molecule has 2 rings (SSSR count). The van der Waals surface area contributed by atoms with Gasteiger partial charge in [0.1, 0.15) is 5.41 Å². The molecule has 4 heteroatoms. The highest BCUT2D eigenvalue weighted by Gasteiger charge is 2.52. The number of hydrogen-bond donors (Lipinski definition) is 0. The van der Waals surface area contributed by atoms with Crippen LogP contribution < -0.4 is 0 Å². The van der Waals surface area contributed by atoms with Gasteiger partial charge in [0.2, 0.25) is 5.91 Å². The number of carbonyl (C=O) groups is 1. The van der Waals surface area contributed by atoms with E-state index in [2.05, 4.69) is 6.07 Å². The molecular formula is C11H16N2O2. The standard InChI is InChI=1S/C11H16N2O2/c1-15-9-3-2-6-13(7-9)10(14)11(8-12)4-5-11/h9H,2-7H2,1H3. The third kappa shape index (κ3) is 1.84. The Hall–Kier alpha value is -1.08. The lowest BCUT2D eigenvalue weighted by Gasteiger charge is -2.33. The first-order chi connectivity index (χ1) is 7.22. The summed E-state index contributed by atoms with van der Waals surface area (Å²) in [4.78, 5) is 13.8. The second-order valence-corrected chi connectivity index (χ2v) is 4.45. The van der Waals surface area contributed by atoms with Gasteiger partial charge in [0.15, 0.2) is 0 Å². The van der Waals surface area contributed by atoms with Gasteiger partial charge in [0.05, 0.1) is 12.2 Å². The molecule has 0 aromatic heterocycles. The molecule has 0 spiro atoms. The number of amides is 1. The Bertz CT molecular complexity index is 304. The fourth-order valence-corrected chi connectivity index (χ4v) is 2.12. The Morgan fingerprint density at radius 3 is 2.87 bits per heavy atom. The minimum Gasteiger partial charge on any atom is -0.380 e. The number of carbonyl (C=O) groups excluding carboxylic acids is 1. The van der Waals surface area contributed by atoms with Crippen molar-refractivity contribution in [3.63, 3.8) is 0 Å². The molecule has 15 heavy (non-hydrogen) atoms. The summed E-state index contributed by atoms with van der Waals surface area (Å²) < 4.78 is 5.26. The monoisotopic (exact) mass is 208 g/mol. The van der Waals surface area contributed by atoms with Crippen LogP contribution in [-0.2, 0) is 9.53 Å². The maximum absolute atomic E-state index is 12.0. The maximum Gasteiger partial charge on any atom is 0.243 e. The van der Waals surface area contributed by atoms with E-state index in [9.17, 15) is 4.79 Å². The van der Waals surface area contributed by atoms with Crippen LogP contribution in [0.2, 0.25) is 0 Å². The summed E-state index contributed by atoms with van der Waals surface area (Å²) in [7, 11) is 1.68. The minimum atomic E-state index is -0.671. The molecule has 1 amide bonds. The van der Waals surface area contributed by atoms with Crippen molar-refractivity contribution >= 4 is 5.91 Å². The second kappa shape index (κ2) is 3.82. The summed E-state index contributed by atoms with van der Waals surface area (Å²) >= 11 is 0. The summed E-state index contributed by atoms with van der Waals surface area (Å²) in [5.41, 5.74) is -0.671. The molecule has 0 aromatic rings. The zero-order valence-corrected chi connectivity index (χ0v) is 9.03. The number of rotatable bonds is 2. The van der Waals surface area contributed by atoms with E-state index in [4.69, 9.17) is 10.00 Å². The highest BCUT2D eigenvalue weighted by molar-refractivity contribution is 5.88. The van der Waals surface area contributed by atoms with Gasteiger partial charge in [-0.15, -0.1) is 0 Å². The van der Waals surface area contributed by atoms with Crippen molar-refractivity contribution in [3.8, 4) is 6.07 Å².